The van der Waals surface area contributed by atoms with Gasteiger partial charge in [0, 0.05) is 5.54 Å². The van der Waals surface area contributed by atoms with Gasteiger partial charge in [-0.2, -0.15) is 0 Å². The van der Waals surface area contributed by atoms with Crippen LogP contribution in [0.1, 0.15) is 49.7 Å². The molecule has 1 aromatic carbocycles. The first-order chi connectivity index (χ1) is 10.1. The Labute approximate surface area is 127 Å². The fourth-order valence-electron chi connectivity index (χ4n) is 5.59. The Morgan fingerprint density at radius 1 is 1.10 bits per heavy atom. The van der Waals surface area contributed by atoms with Crippen LogP contribution in [0.25, 0.3) is 0 Å². The number of hydrogen-bond acceptors (Lipinski definition) is 1. The summed E-state index contributed by atoms with van der Waals surface area (Å²) < 4.78 is 0. The van der Waals surface area contributed by atoms with Crippen molar-refractivity contribution in [1.82, 2.24) is 5.32 Å². The molecule has 4 bridgehead atoms. The summed E-state index contributed by atoms with van der Waals surface area (Å²) in [6.07, 6.45) is 8.51. The molecule has 0 heterocycles. The number of amides is 1. The Hall–Kier alpha value is -1.31. The van der Waals surface area contributed by atoms with Crippen molar-refractivity contribution < 1.29 is 4.79 Å². The first kappa shape index (κ1) is 13.4. The third-order valence-electron chi connectivity index (χ3n) is 6.06. The van der Waals surface area contributed by atoms with Crippen LogP contribution >= 0.6 is 0 Å². The average molecular weight is 283 g/mol. The third-order valence-corrected chi connectivity index (χ3v) is 6.06. The van der Waals surface area contributed by atoms with Gasteiger partial charge >= 0.3 is 0 Å². The molecule has 0 saturated heterocycles. The summed E-state index contributed by atoms with van der Waals surface area (Å²) in [7, 11) is 0. The fourth-order valence-corrected chi connectivity index (χ4v) is 5.59. The summed E-state index contributed by atoms with van der Waals surface area (Å²) in [6, 6.07) is 8.23. The first-order valence-corrected chi connectivity index (χ1v) is 8.47. The van der Waals surface area contributed by atoms with Crippen molar-refractivity contribution >= 4 is 5.91 Å². The lowest BCUT2D eigenvalue weighted by atomic mass is 9.53. The van der Waals surface area contributed by atoms with E-state index in [9.17, 15) is 4.79 Å². The second-order valence-electron chi connectivity index (χ2n) is 7.85. The zero-order chi connectivity index (χ0) is 14.4. The highest BCUT2D eigenvalue weighted by atomic mass is 16.1. The summed E-state index contributed by atoms with van der Waals surface area (Å²) >= 11 is 0. The van der Waals surface area contributed by atoms with Gasteiger partial charge < -0.3 is 5.32 Å². The largest absolute Gasteiger partial charge is 0.350 e. The lowest BCUT2D eigenvalue weighted by Gasteiger charge is -2.56. The molecular weight excluding hydrogens is 258 g/mol. The van der Waals surface area contributed by atoms with E-state index in [1.807, 2.05) is 12.1 Å². The predicted molar refractivity (Wildman–Crippen MR) is 83.9 cm³/mol. The molecule has 4 aliphatic rings. The summed E-state index contributed by atoms with van der Waals surface area (Å²) in [4.78, 5) is 12.5. The van der Waals surface area contributed by atoms with Crippen molar-refractivity contribution in [1.29, 1.82) is 0 Å². The normalized spacial score (nSPS) is 36.7. The van der Waals surface area contributed by atoms with Gasteiger partial charge in [-0.15, -0.1) is 0 Å². The Kier molecular flexibility index (Phi) is 3.09. The van der Waals surface area contributed by atoms with Crippen LogP contribution in [0.15, 0.2) is 24.3 Å². The van der Waals surface area contributed by atoms with Gasteiger partial charge in [0.1, 0.15) is 0 Å². The molecule has 1 amide bonds. The molecule has 4 aliphatic carbocycles. The van der Waals surface area contributed by atoms with Crippen molar-refractivity contribution in [3.05, 3.63) is 35.4 Å². The van der Waals surface area contributed by atoms with Gasteiger partial charge in [-0.25, -0.2) is 0 Å². The SMILES string of the molecule is Cc1ccccc1CC(=O)NC12CC3CC(CC(C3)C1)C2. The lowest BCUT2D eigenvalue weighted by molar-refractivity contribution is -0.126. The molecule has 1 aromatic rings. The van der Waals surface area contributed by atoms with E-state index in [4.69, 9.17) is 0 Å². The summed E-state index contributed by atoms with van der Waals surface area (Å²) in [5.74, 6) is 2.88. The maximum Gasteiger partial charge on any atom is 0.224 e. The van der Waals surface area contributed by atoms with E-state index in [0.29, 0.717) is 6.42 Å². The second kappa shape index (κ2) is 4.86. The van der Waals surface area contributed by atoms with E-state index in [-0.39, 0.29) is 11.4 Å². The van der Waals surface area contributed by atoms with Crippen LogP contribution in [0, 0.1) is 24.7 Å². The molecule has 5 rings (SSSR count). The van der Waals surface area contributed by atoms with Crippen LogP contribution in [0.2, 0.25) is 0 Å². The van der Waals surface area contributed by atoms with Crippen LogP contribution in [-0.2, 0) is 11.2 Å². The standard InChI is InChI=1S/C19H25NO/c1-13-4-2-3-5-17(13)9-18(21)20-19-10-14-6-15(11-19)8-16(7-14)12-19/h2-5,14-16H,6-12H2,1H3,(H,20,21). The van der Waals surface area contributed by atoms with Crippen LogP contribution in [0.5, 0.6) is 0 Å². The van der Waals surface area contributed by atoms with Gasteiger partial charge in [-0.3, -0.25) is 4.79 Å². The molecule has 0 aromatic heterocycles. The molecule has 0 atom stereocenters. The minimum Gasteiger partial charge on any atom is -0.350 e. The predicted octanol–water partition coefficient (Wildman–Crippen LogP) is 3.62. The van der Waals surface area contributed by atoms with Gasteiger partial charge in [0.05, 0.1) is 6.42 Å². The number of benzene rings is 1. The Morgan fingerprint density at radius 2 is 1.67 bits per heavy atom. The lowest BCUT2D eigenvalue weighted by Crippen LogP contribution is -2.60. The van der Waals surface area contributed by atoms with Gasteiger partial charge in [0.25, 0.3) is 0 Å². The maximum absolute atomic E-state index is 12.5. The molecule has 0 unspecified atom stereocenters. The number of rotatable bonds is 3. The van der Waals surface area contributed by atoms with E-state index in [0.717, 1.165) is 17.8 Å². The Balaban J connectivity index is 1.46. The molecule has 0 aliphatic heterocycles. The maximum atomic E-state index is 12.5. The molecule has 4 fully saturated rings. The number of nitrogens with one attached hydrogen (secondary N) is 1. The highest BCUT2D eigenvalue weighted by Crippen LogP contribution is 2.55. The number of aryl methyl sites for hydroxylation is 1. The van der Waals surface area contributed by atoms with E-state index in [1.165, 1.54) is 49.7 Å². The minimum atomic E-state index is 0.147. The third kappa shape index (κ3) is 2.49. The molecule has 0 spiro atoms. The van der Waals surface area contributed by atoms with Crippen LogP contribution in [0.4, 0.5) is 0 Å². The molecule has 4 saturated carbocycles. The summed E-state index contributed by atoms with van der Waals surface area (Å²) in [5.41, 5.74) is 2.53. The Morgan fingerprint density at radius 3 is 2.24 bits per heavy atom. The highest BCUT2D eigenvalue weighted by Gasteiger charge is 2.51. The molecule has 2 nitrogen and oxygen atoms in total. The van der Waals surface area contributed by atoms with Crippen molar-refractivity contribution in [2.45, 2.75) is 57.4 Å². The van der Waals surface area contributed by atoms with Crippen LogP contribution < -0.4 is 5.32 Å². The summed E-state index contributed by atoms with van der Waals surface area (Å²) in [6.45, 7) is 2.09. The summed E-state index contributed by atoms with van der Waals surface area (Å²) in [5, 5.41) is 3.46. The molecule has 1 N–H and O–H groups in total. The quantitative estimate of drug-likeness (QED) is 0.902. The monoisotopic (exact) mass is 283 g/mol. The van der Waals surface area contributed by atoms with Crippen LogP contribution in [-0.4, -0.2) is 11.4 Å². The number of carbonyl (C=O) groups excluding carboxylic acids is 1. The molecule has 0 radical (unpaired) electrons. The van der Waals surface area contributed by atoms with Gasteiger partial charge in [0.15, 0.2) is 0 Å². The van der Waals surface area contributed by atoms with Crippen molar-refractivity contribution in [3.63, 3.8) is 0 Å². The van der Waals surface area contributed by atoms with Crippen molar-refractivity contribution in [3.8, 4) is 0 Å². The zero-order valence-corrected chi connectivity index (χ0v) is 12.9. The topological polar surface area (TPSA) is 29.1 Å². The number of hydrogen-bond donors (Lipinski definition) is 1. The minimum absolute atomic E-state index is 0.147. The van der Waals surface area contributed by atoms with Crippen LogP contribution in [0.3, 0.4) is 0 Å². The first-order valence-electron chi connectivity index (χ1n) is 8.47. The zero-order valence-electron chi connectivity index (χ0n) is 12.9. The van der Waals surface area contributed by atoms with Gasteiger partial charge in [-0.05, 0) is 74.3 Å². The average Bonchev–Trinajstić information content (AvgIpc) is 2.39. The van der Waals surface area contributed by atoms with Crippen molar-refractivity contribution in [2.75, 3.05) is 0 Å². The van der Waals surface area contributed by atoms with E-state index in [2.05, 4.69) is 24.4 Å². The highest BCUT2D eigenvalue weighted by molar-refractivity contribution is 5.79. The van der Waals surface area contributed by atoms with E-state index in [1.54, 1.807) is 0 Å². The van der Waals surface area contributed by atoms with E-state index < -0.39 is 0 Å². The molecule has 21 heavy (non-hydrogen) atoms. The Bertz CT molecular complexity index is 527. The molecule has 2 heteroatoms. The van der Waals surface area contributed by atoms with E-state index >= 15 is 0 Å². The van der Waals surface area contributed by atoms with Gasteiger partial charge in [-0.1, -0.05) is 24.3 Å². The molecular formula is C19H25NO. The van der Waals surface area contributed by atoms with Crippen molar-refractivity contribution in [2.24, 2.45) is 17.8 Å². The number of carbonyl (C=O) groups is 1. The second-order valence-corrected chi connectivity index (χ2v) is 7.85. The smallest absolute Gasteiger partial charge is 0.224 e. The van der Waals surface area contributed by atoms with Gasteiger partial charge in [0.2, 0.25) is 5.91 Å². The molecule has 112 valence electrons. The fraction of sp³-hybridized carbons (Fsp3) is 0.632.